The number of rotatable bonds is 7. The Hall–Kier alpha value is -5.24. The summed E-state index contributed by atoms with van der Waals surface area (Å²) in [6, 6.07) is 9.25. The largest absolute Gasteiger partial charge is 0.514 e. The molecule has 0 unspecified atom stereocenters. The summed E-state index contributed by atoms with van der Waals surface area (Å²) >= 11 is 0. The van der Waals surface area contributed by atoms with E-state index in [-0.39, 0.29) is 24.3 Å². The van der Waals surface area contributed by atoms with Crippen LogP contribution in [0.3, 0.4) is 0 Å². The van der Waals surface area contributed by atoms with Crippen molar-refractivity contribution in [3.05, 3.63) is 75.2 Å². The monoisotopic (exact) mass is 555 g/mol. The van der Waals surface area contributed by atoms with E-state index in [0.717, 1.165) is 18.4 Å². The van der Waals surface area contributed by atoms with Crippen molar-refractivity contribution in [1.82, 2.24) is 14.5 Å². The number of fused-ring (bicyclic) bond motifs is 1. The third-order valence-corrected chi connectivity index (χ3v) is 6.59. The fourth-order valence-electron chi connectivity index (χ4n) is 4.51. The van der Waals surface area contributed by atoms with E-state index >= 15 is 0 Å². The smallest absolute Gasteiger partial charge is 0.493 e. The number of carbonyl (C=O) groups excluding carboxylic acids is 1. The van der Waals surface area contributed by atoms with Crippen LogP contribution in [0.5, 0.6) is 17.2 Å². The van der Waals surface area contributed by atoms with Crippen LogP contribution in [0.2, 0.25) is 0 Å². The number of pyridine rings is 1. The molecule has 2 heterocycles. The summed E-state index contributed by atoms with van der Waals surface area (Å²) in [6.45, 7) is 1.81. The lowest BCUT2D eigenvalue weighted by Gasteiger charge is -2.13. The van der Waals surface area contributed by atoms with Gasteiger partial charge in [-0.15, -0.1) is 0 Å². The van der Waals surface area contributed by atoms with Gasteiger partial charge in [0.1, 0.15) is 5.82 Å². The summed E-state index contributed by atoms with van der Waals surface area (Å²) in [5.74, 6) is 7.72. The first-order valence-corrected chi connectivity index (χ1v) is 13.0. The highest BCUT2D eigenvalue weighted by Gasteiger charge is 2.26. The predicted octanol–water partition coefficient (Wildman–Crippen LogP) is 3.83. The maximum absolute atomic E-state index is 13.1. The van der Waals surface area contributed by atoms with E-state index in [9.17, 15) is 9.59 Å². The Morgan fingerprint density at radius 2 is 1.90 bits per heavy atom. The number of methoxy groups -OCH3 is 2. The van der Waals surface area contributed by atoms with Gasteiger partial charge in [-0.2, -0.15) is 4.98 Å². The van der Waals surface area contributed by atoms with Crippen LogP contribution in [-0.2, 0) is 11.2 Å². The van der Waals surface area contributed by atoms with Crippen LogP contribution in [-0.4, -0.2) is 41.5 Å². The van der Waals surface area contributed by atoms with Crippen LogP contribution >= 0.6 is 0 Å². The van der Waals surface area contributed by atoms with Crippen molar-refractivity contribution in [3.63, 3.8) is 0 Å². The molecule has 2 aromatic heterocycles. The lowest BCUT2D eigenvalue weighted by molar-refractivity contribution is 0.104. The minimum Gasteiger partial charge on any atom is -0.493 e. The molecule has 11 heteroatoms. The second kappa shape index (κ2) is 11.5. The molecule has 0 amide bonds. The number of ether oxygens (including phenoxy) is 4. The third kappa shape index (κ3) is 5.86. The van der Waals surface area contributed by atoms with Crippen molar-refractivity contribution < 1.29 is 23.7 Å². The van der Waals surface area contributed by atoms with Crippen molar-refractivity contribution in [3.8, 4) is 29.1 Å². The Morgan fingerprint density at radius 3 is 2.59 bits per heavy atom. The maximum atomic E-state index is 13.1. The summed E-state index contributed by atoms with van der Waals surface area (Å²) in [5.41, 5.74) is 14.9. The number of hydrogen-bond donors (Lipinski definition) is 2. The Labute approximate surface area is 236 Å². The average molecular weight is 556 g/mol. The van der Waals surface area contributed by atoms with Gasteiger partial charge >= 0.3 is 6.16 Å². The van der Waals surface area contributed by atoms with Gasteiger partial charge in [-0.1, -0.05) is 11.8 Å². The summed E-state index contributed by atoms with van der Waals surface area (Å²) in [6.07, 6.45) is 4.60. The fourth-order valence-corrected chi connectivity index (χ4v) is 4.51. The molecule has 0 spiro atoms. The van der Waals surface area contributed by atoms with Gasteiger partial charge in [-0.05, 0) is 55.7 Å². The van der Waals surface area contributed by atoms with Crippen LogP contribution < -0.4 is 31.1 Å². The van der Waals surface area contributed by atoms with E-state index in [2.05, 4.69) is 21.8 Å². The number of carbonyl (C=O) groups is 1. The van der Waals surface area contributed by atoms with Crippen LogP contribution in [0.25, 0.3) is 10.9 Å². The third-order valence-electron chi connectivity index (χ3n) is 6.59. The van der Waals surface area contributed by atoms with Crippen LogP contribution in [0.1, 0.15) is 48.1 Å². The van der Waals surface area contributed by atoms with Gasteiger partial charge in [0, 0.05) is 35.2 Å². The van der Waals surface area contributed by atoms with E-state index < -0.39 is 11.6 Å². The van der Waals surface area contributed by atoms with E-state index in [1.807, 2.05) is 22.8 Å². The van der Waals surface area contributed by atoms with Gasteiger partial charge in [-0.3, -0.25) is 4.79 Å². The van der Waals surface area contributed by atoms with Gasteiger partial charge in [-0.25, -0.2) is 9.78 Å². The molecule has 5 rings (SSSR count). The number of aromatic nitrogens is 3. The summed E-state index contributed by atoms with van der Waals surface area (Å²) in [7, 11) is 3.11. The van der Waals surface area contributed by atoms with Crippen LogP contribution in [0, 0.1) is 11.8 Å². The molecule has 1 saturated carbocycles. The van der Waals surface area contributed by atoms with Crippen LogP contribution in [0.4, 0.5) is 16.6 Å². The number of benzene rings is 2. The molecule has 41 heavy (non-hydrogen) atoms. The van der Waals surface area contributed by atoms with Crippen molar-refractivity contribution in [1.29, 1.82) is 0 Å². The zero-order valence-electron chi connectivity index (χ0n) is 22.9. The van der Waals surface area contributed by atoms with Gasteiger partial charge < -0.3 is 35.0 Å². The predicted molar refractivity (Wildman–Crippen MR) is 153 cm³/mol. The molecule has 11 nitrogen and oxygen atoms in total. The Morgan fingerprint density at radius 1 is 1.10 bits per heavy atom. The topological polar surface area (TPSA) is 154 Å². The average Bonchev–Trinajstić information content (AvgIpc) is 3.80. The standard InChI is InChI=1S/C30H29N5O6/c1-4-40-30(37)41-25-16-35(21-8-9-21)23-13-17(6-10-22(23)26(25)36)5-7-19-11-18(14-24(38-2)27(19)39-3)12-20-15-33-29(32)34-28(20)31/h6,10-11,13-16,21H,4,8-9,12H2,1-3H3,(H4,31,32,33,34). The molecule has 2 aromatic carbocycles. The first-order chi connectivity index (χ1) is 19.8. The lowest BCUT2D eigenvalue weighted by atomic mass is 10.0. The van der Waals surface area contributed by atoms with Crippen molar-refractivity contribution in [2.75, 3.05) is 32.3 Å². The molecule has 210 valence electrons. The maximum Gasteiger partial charge on any atom is 0.514 e. The Kier molecular flexibility index (Phi) is 7.65. The van der Waals surface area contributed by atoms with Crippen molar-refractivity contribution in [2.24, 2.45) is 0 Å². The molecule has 4 aromatic rings. The molecule has 0 atom stereocenters. The molecule has 0 radical (unpaired) electrons. The first-order valence-electron chi connectivity index (χ1n) is 13.0. The molecular formula is C30H29N5O6. The fraction of sp³-hybridized carbons (Fsp3) is 0.267. The molecule has 0 saturated heterocycles. The van der Waals surface area contributed by atoms with E-state index in [4.69, 9.17) is 30.4 Å². The minimum absolute atomic E-state index is 0.0672. The molecule has 0 bridgehead atoms. The van der Waals surface area contributed by atoms with Crippen molar-refractivity contribution >= 4 is 28.8 Å². The number of anilines is 2. The molecule has 1 fully saturated rings. The highest BCUT2D eigenvalue weighted by Crippen LogP contribution is 2.38. The zero-order valence-corrected chi connectivity index (χ0v) is 22.9. The summed E-state index contributed by atoms with van der Waals surface area (Å²) < 4.78 is 23.2. The minimum atomic E-state index is -0.910. The summed E-state index contributed by atoms with van der Waals surface area (Å²) in [5, 5.41) is 0.425. The highest BCUT2D eigenvalue weighted by molar-refractivity contribution is 5.83. The van der Waals surface area contributed by atoms with Gasteiger partial charge in [0.2, 0.25) is 11.4 Å². The Balaban J connectivity index is 1.54. The number of hydrogen-bond acceptors (Lipinski definition) is 10. The Bertz CT molecular complexity index is 1770. The van der Waals surface area contributed by atoms with E-state index in [0.29, 0.717) is 51.3 Å². The van der Waals surface area contributed by atoms with Crippen LogP contribution in [0.15, 0.2) is 47.5 Å². The van der Waals surface area contributed by atoms with Crippen molar-refractivity contribution in [2.45, 2.75) is 32.2 Å². The van der Waals surface area contributed by atoms with Gasteiger partial charge in [0.25, 0.3) is 0 Å². The van der Waals surface area contributed by atoms with E-state index in [1.54, 1.807) is 45.7 Å². The lowest BCUT2D eigenvalue weighted by Crippen LogP contribution is -2.18. The number of nitrogen functional groups attached to an aromatic ring is 2. The first kappa shape index (κ1) is 27.3. The van der Waals surface area contributed by atoms with Gasteiger partial charge in [0.05, 0.1) is 38.1 Å². The molecule has 4 N–H and O–H groups in total. The molecule has 1 aliphatic carbocycles. The molecule has 0 aliphatic heterocycles. The molecular weight excluding hydrogens is 526 g/mol. The second-order valence-corrected chi connectivity index (χ2v) is 9.42. The molecule has 1 aliphatic rings. The van der Waals surface area contributed by atoms with E-state index in [1.165, 1.54) is 0 Å². The SMILES string of the molecule is CCOC(=O)Oc1cn(C2CC2)c2cc(C#Cc3cc(Cc4cnc(N)nc4N)cc(OC)c3OC)ccc2c1=O. The summed E-state index contributed by atoms with van der Waals surface area (Å²) in [4.78, 5) is 33.1. The quantitative estimate of drug-likeness (QED) is 0.254. The normalized spacial score (nSPS) is 12.4. The number of nitrogens with zero attached hydrogens (tertiary/aromatic N) is 3. The highest BCUT2D eigenvalue weighted by atomic mass is 16.7. The zero-order chi connectivity index (χ0) is 29.1. The number of nitrogens with two attached hydrogens (primary N) is 2. The van der Waals surface area contributed by atoms with Gasteiger partial charge in [0.15, 0.2) is 17.2 Å². The second-order valence-electron chi connectivity index (χ2n) is 9.42.